The first-order chi connectivity index (χ1) is 12.9. The third-order valence-electron chi connectivity index (χ3n) is 3.94. The molecule has 0 aliphatic rings. The topological polar surface area (TPSA) is 130 Å². The third-order valence-corrected chi connectivity index (χ3v) is 5.04. The number of para-hydroxylation sites is 1. The van der Waals surface area contributed by atoms with Crippen molar-refractivity contribution in [3.63, 3.8) is 0 Å². The molecule has 0 aliphatic carbocycles. The van der Waals surface area contributed by atoms with Crippen LogP contribution >= 0.6 is 11.3 Å². The van der Waals surface area contributed by atoms with Crippen LogP contribution < -0.4 is 11.0 Å². The number of nitro groups is 1. The van der Waals surface area contributed by atoms with Crippen molar-refractivity contribution in [2.45, 2.75) is 20.3 Å². The molecule has 3 rings (SSSR count). The summed E-state index contributed by atoms with van der Waals surface area (Å²) in [6.07, 6.45) is 1.02. The van der Waals surface area contributed by atoms with E-state index in [1.165, 1.54) is 29.7 Å². The van der Waals surface area contributed by atoms with Gasteiger partial charge in [0.25, 0.3) is 11.2 Å². The van der Waals surface area contributed by atoms with Crippen LogP contribution in [-0.2, 0) is 11.2 Å². The number of nitro benzene ring substituents is 1. The minimum atomic E-state index is -0.530. The molecule has 0 spiro atoms. The molecule has 0 unspecified atom stereocenters. The van der Waals surface area contributed by atoms with Crippen LogP contribution in [0, 0.1) is 24.0 Å². The molecule has 2 aromatic heterocycles. The van der Waals surface area contributed by atoms with Gasteiger partial charge in [0.15, 0.2) is 0 Å². The first kappa shape index (κ1) is 18.4. The molecule has 0 saturated heterocycles. The molecule has 3 aromatic rings. The molecular weight excluding hydrogens is 370 g/mol. The number of rotatable bonds is 5. The Morgan fingerprint density at radius 1 is 1.41 bits per heavy atom. The monoisotopic (exact) mass is 385 g/mol. The van der Waals surface area contributed by atoms with Crippen molar-refractivity contribution in [1.29, 1.82) is 0 Å². The molecule has 0 saturated carbocycles. The Morgan fingerprint density at radius 3 is 2.89 bits per heavy atom. The average Bonchev–Trinajstić information content (AvgIpc) is 2.89. The van der Waals surface area contributed by atoms with Gasteiger partial charge in [-0.2, -0.15) is 5.10 Å². The van der Waals surface area contributed by atoms with Gasteiger partial charge in [-0.15, -0.1) is 11.3 Å². The second kappa shape index (κ2) is 7.46. The highest BCUT2D eigenvalue weighted by Gasteiger charge is 2.14. The number of H-pyrrole nitrogens is 1. The predicted octanol–water partition coefficient (Wildman–Crippen LogP) is 2.20. The number of hydrazone groups is 1. The van der Waals surface area contributed by atoms with Crippen molar-refractivity contribution in [2.24, 2.45) is 5.10 Å². The number of nitrogens with one attached hydrogen (secondary N) is 2. The number of carbonyl (C=O) groups is 1. The van der Waals surface area contributed by atoms with Crippen molar-refractivity contribution < 1.29 is 9.72 Å². The zero-order valence-electron chi connectivity index (χ0n) is 14.5. The molecule has 2 N–H and O–H groups in total. The average molecular weight is 385 g/mol. The van der Waals surface area contributed by atoms with Gasteiger partial charge in [-0.3, -0.25) is 19.7 Å². The highest BCUT2D eigenvalue weighted by atomic mass is 32.1. The molecule has 27 heavy (non-hydrogen) atoms. The standard InChI is InChI=1S/C17H15N5O4S/c1-9-10(2)27-17-15(9)16(24)19-13(20-17)7-14(23)21-18-8-11-5-3-4-6-12(11)22(25)26/h3-6,8H,7H2,1-2H3,(H,21,23)(H,19,20,24)/b18-8-. The van der Waals surface area contributed by atoms with Crippen molar-refractivity contribution in [3.8, 4) is 0 Å². The number of hydrogen-bond donors (Lipinski definition) is 2. The van der Waals surface area contributed by atoms with Crippen molar-refractivity contribution in [1.82, 2.24) is 15.4 Å². The molecule has 0 radical (unpaired) electrons. The molecule has 0 aliphatic heterocycles. The van der Waals surface area contributed by atoms with E-state index in [-0.39, 0.29) is 29.1 Å². The van der Waals surface area contributed by atoms with E-state index >= 15 is 0 Å². The number of benzene rings is 1. The lowest BCUT2D eigenvalue weighted by Gasteiger charge is -2.01. The number of aromatic amines is 1. The highest BCUT2D eigenvalue weighted by molar-refractivity contribution is 7.18. The van der Waals surface area contributed by atoms with Gasteiger partial charge in [-0.25, -0.2) is 10.4 Å². The first-order valence-electron chi connectivity index (χ1n) is 7.91. The number of nitrogens with zero attached hydrogens (tertiary/aromatic N) is 3. The maximum Gasteiger partial charge on any atom is 0.278 e. The molecule has 1 amide bonds. The van der Waals surface area contributed by atoms with Crippen LogP contribution in [0.3, 0.4) is 0 Å². The van der Waals surface area contributed by atoms with E-state index in [1.54, 1.807) is 12.1 Å². The van der Waals surface area contributed by atoms with Gasteiger partial charge >= 0.3 is 0 Å². The molecule has 10 heteroatoms. The molecule has 138 valence electrons. The summed E-state index contributed by atoms with van der Waals surface area (Å²) < 4.78 is 0. The lowest BCUT2D eigenvalue weighted by atomic mass is 10.2. The summed E-state index contributed by atoms with van der Waals surface area (Å²) >= 11 is 1.40. The van der Waals surface area contributed by atoms with Crippen LogP contribution in [-0.4, -0.2) is 27.0 Å². The Morgan fingerprint density at radius 2 is 2.15 bits per heavy atom. The van der Waals surface area contributed by atoms with Gasteiger partial charge < -0.3 is 4.98 Å². The summed E-state index contributed by atoms with van der Waals surface area (Å²) in [5.74, 6) is -0.274. The lowest BCUT2D eigenvalue weighted by Crippen LogP contribution is -2.23. The number of amides is 1. The Labute approximate surface area is 156 Å². The van der Waals surface area contributed by atoms with Crippen LogP contribution in [0.25, 0.3) is 10.2 Å². The predicted molar refractivity (Wildman–Crippen MR) is 102 cm³/mol. The second-order valence-electron chi connectivity index (χ2n) is 5.76. The van der Waals surface area contributed by atoms with E-state index in [1.807, 2.05) is 13.8 Å². The number of aryl methyl sites for hydroxylation is 2. The number of fused-ring (bicyclic) bond motifs is 1. The molecule has 2 heterocycles. The van der Waals surface area contributed by atoms with Crippen LogP contribution in [0.5, 0.6) is 0 Å². The van der Waals surface area contributed by atoms with Gasteiger partial charge in [0.2, 0.25) is 5.91 Å². The van der Waals surface area contributed by atoms with Gasteiger partial charge in [-0.1, -0.05) is 12.1 Å². The lowest BCUT2D eigenvalue weighted by molar-refractivity contribution is -0.385. The summed E-state index contributed by atoms with van der Waals surface area (Å²) in [6, 6.07) is 6.03. The fourth-order valence-electron chi connectivity index (χ4n) is 2.51. The number of aromatic nitrogens is 2. The molecule has 0 bridgehead atoms. The van der Waals surface area contributed by atoms with E-state index < -0.39 is 10.8 Å². The zero-order chi connectivity index (χ0) is 19.6. The van der Waals surface area contributed by atoms with Crippen LogP contribution in [0.1, 0.15) is 21.8 Å². The summed E-state index contributed by atoms with van der Waals surface area (Å²) in [4.78, 5) is 43.1. The molecule has 0 atom stereocenters. The van der Waals surface area contributed by atoms with E-state index in [0.29, 0.717) is 10.2 Å². The minimum absolute atomic E-state index is 0.115. The maximum absolute atomic E-state index is 12.2. The Balaban J connectivity index is 1.72. The number of carbonyl (C=O) groups excluding carboxylic acids is 1. The fraction of sp³-hybridized carbons (Fsp3) is 0.176. The van der Waals surface area contributed by atoms with Gasteiger partial charge in [0.1, 0.15) is 10.7 Å². The van der Waals surface area contributed by atoms with Crippen molar-refractivity contribution >= 4 is 39.4 Å². The Kier molecular flexibility index (Phi) is 5.08. The van der Waals surface area contributed by atoms with Crippen LogP contribution in [0.4, 0.5) is 5.69 Å². The Hall–Kier alpha value is -3.40. The SMILES string of the molecule is Cc1sc2nc(CC(=O)N/N=C\c3ccccc3[N+](=O)[O-])[nH]c(=O)c2c1C. The van der Waals surface area contributed by atoms with Crippen LogP contribution in [0.2, 0.25) is 0 Å². The molecule has 0 fully saturated rings. The van der Waals surface area contributed by atoms with Crippen molar-refractivity contribution in [2.75, 3.05) is 0 Å². The van der Waals surface area contributed by atoms with Gasteiger partial charge in [-0.05, 0) is 25.5 Å². The summed E-state index contributed by atoms with van der Waals surface area (Å²) in [5.41, 5.74) is 3.03. The number of hydrogen-bond acceptors (Lipinski definition) is 7. The van der Waals surface area contributed by atoms with E-state index in [4.69, 9.17) is 0 Å². The Bertz CT molecular complexity index is 1130. The summed E-state index contributed by atoms with van der Waals surface area (Å²) in [7, 11) is 0. The first-order valence-corrected chi connectivity index (χ1v) is 8.72. The van der Waals surface area contributed by atoms with E-state index in [2.05, 4.69) is 20.5 Å². The highest BCUT2D eigenvalue weighted by Crippen LogP contribution is 2.25. The van der Waals surface area contributed by atoms with Gasteiger partial charge in [0.05, 0.1) is 28.5 Å². The normalized spacial score (nSPS) is 11.2. The van der Waals surface area contributed by atoms with E-state index in [0.717, 1.165) is 10.4 Å². The van der Waals surface area contributed by atoms with Crippen LogP contribution in [0.15, 0.2) is 34.2 Å². The number of thiophene rings is 1. The second-order valence-corrected chi connectivity index (χ2v) is 6.97. The maximum atomic E-state index is 12.2. The third kappa shape index (κ3) is 3.90. The largest absolute Gasteiger partial charge is 0.309 e. The smallest absolute Gasteiger partial charge is 0.278 e. The summed E-state index contributed by atoms with van der Waals surface area (Å²) in [5, 5.41) is 15.2. The molecule has 1 aromatic carbocycles. The van der Waals surface area contributed by atoms with Crippen molar-refractivity contribution in [3.05, 3.63) is 66.6 Å². The zero-order valence-corrected chi connectivity index (χ0v) is 15.3. The minimum Gasteiger partial charge on any atom is -0.309 e. The fourth-order valence-corrected chi connectivity index (χ4v) is 3.56. The molecule has 9 nitrogen and oxygen atoms in total. The molecular formula is C17H15N5O4S. The van der Waals surface area contributed by atoms with Gasteiger partial charge in [0, 0.05) is 10.9 Å². The summed E-state index contributed by atoms with van der Waals surface area (Å²) in [6.45, 7) is 3.76. The quantitative estimate of drug-likeness (QED) is 0.395. The van der Waals surface area contributed by atoms with E-state index in [9.17, 15) is 19.7 Å².